The third-order valence-corrected chi connectivity index (χ3v) is 1.59. The van der Waals surface area contributed by atoms with Crippen molar-refractivity contribution >= 4 is 0 Å². The third kappa shape index (κ3) is 6.27. The van der Waals surface area contributed by atoms with E-state index in [9.17, 15) is 0 Å². The molecule has 0 saturated carbocycles. The van der Waals surface area contributed by atoms with Crippen molar-refractivity contribution in [3.63, 3.8) is 0 Å². The maximum absolute atomic E-state index is 8.69. The Morgan fingerprint density at radius 1 is 1.31 bits per heavy atom. The molecule has 0 fully saturated rings. The minimum atomic E-state index is -0.675. The van der Waals surface area contributed by atoms with E-state index in [0.29, 0.717) is 5.92 Å². The second-order valence-corrected chi connectivity index (χ2v) is 4.36. The van der Waals surface area contributed by atoms with Crippen molar-refractivity contribution in [3.8, 4) is 6.07 Å². The topological polar surface area (TPSA) is 48.5 Å². The summed E-state index contributed by atoms with van der Waals surface area (Å²) in [6, 6.07) is 2.30. The Hall–Kier alpha value is -0.910. The molecule has 13 heavy (non-hydrogen) atoms. The zero-order valence-corrected chi connectivity index (χ0v) is 9.20. The lowest BCUT2D eigenvalue weighted by Gasteiger charge is -2.11. The Morgan fingerprint density at radius 2 is 1.85 bits per heavy atom. The first kappa shape index (κ1) is 12.1. The molecule has 0 radical (unpaired) electrons. The summed E-state index contributed by atoms with van der Waals surface area (Å²) in [5.41, 5.74) is -0.675. The van der Waals surface area contributed by atoms with Crippen molar-refractivity contribution in [2.45, 2.75) is 52.6 Å². The summed E-state index contributed by atoms with van der Waals surface area (Å²) in [4.78, 5) is 0. The van der Waals surface area contributed by atoms with Gasteiger partial charge in [0.15, 0.2) is 5.54 Å². The van der Waals surface area contributed by atoms with Crippen molar-refractivity contribution in [2.75, 3.05) is 0 Å². The summed E-state index contributed by atoms with van der Waals surface area (Å²) >= 11 is 0. The zero-order chi connectivity index (χ0) is 10.5. The minimum absolute atomic E-state index is 0.215. The van der Waals surface area contributed by atoms with E-state index in [0.717, 1.165) is 6.42 Å². The molecule has 1 unspecified atom stereocenters. The van der Waals surface area contributed by atoms with Gasteiger partial charge in [0.1, 0.15) is 0 Å². The number of hydrogen-bond acceptors (Lipinski definition) is 3. The smallest absolute Gasteiger partial charge is 0.161 e. The first-order chi connectivity index (χ1) is 5.87. The average molecular weight is 181 g/mol. The Kier molecular flexibility index (Phi) is 4.61. The molecular formula is C10H19N3. The minimum Gasteiger partial charge on any atom is -0.196 e. The second kappa shape index (κ2) is 4.96. The molecule has 0 N–H and O–H groups in total. The quantitative estimate of drug-likeness (QED) is 0.614. The highest BCUT2D eigenvalue weighted by Crippen LogP contribution is 2.12. The molecule has 1 atom stereocenters. The van der Waals surface area contributed by atoms with Crippen LogP contribution in [0.15, 0.2) is 10.2 Å². The summed E-state index contributed by atoms with van der Waals surface area (Å²) in [5.74, 6) is 0.624. The van der Waals surface area contributed by atoms with Crippen molar-refractivity contribution in [1.82, 2.24) is 0 Å². The summed E-state index contributed by atoms with van der Waals surface area (Å²) in [6.45, 7) is 9.86. The molecule has 74 valence electrons. The van der Waals surface area contributed by atoms with Crippen molar-refractivity contribution in [2.24, 2.45) is 16.1 Å². The molecule has 0 aliphatic rings. The van der Waals surface area contributed by atoms with Gasteiger partial charge in [-0.1, -0.05) is 13.8 Å². The highest BCUT2D eigenvalue weighted by molar-refractivity contribution is 4.99. The van der Waals surface area contributed by atoms with Crippen LogP contribution < -0.4 is 0 Å². The molecular weight excluding hydrogens is 162 g/mol. The van der Waals surface area contributed by atoms with Crippen LogP contribution in [0.25, 0.3) is 0 Å². The molecule has 0 saturated heterocycles. The molecule has 0 heterocycles. The SMILES string of the molecule is CC(C)CC(C)N=NC(C)(C)C#N. The van der Waals surface area contributed by atoms with Crippen LogP contribution in [-0.4, -0.2) is 11.6 Å². The average Bonchev–Trinajstić information content (AvgIpc) is 2.00. The van der Waals surface area contributed by atoms with Crippen molar-refractivity contribution < 1.29 is 0 Å². The van der Waals surface area contributed by atoms with Crippen LogP contribution in [0.5, 0.6) is 0 Å². The van der Waals surface area contributed by atoms with Gasteiger partial charge in [0.05, 0.1) is 12.1 Å². The van der Waals surface area contributed by atoms with Gasteiger partial charge in [0, 0.05) is 0 Å². The van der Waals surface area contributed by atoms with E-state index in [1.165, 1.54) is 0 Å². The number of nitrogens with zero attached hydrogens (tertiary/aromatic N) is 3. The molecule has 0 spiro atoms. The van der Waals surface area contributed by atoms with Gasteiger partial charge in [0.2, 0.25) is 0 Å². The Balaban J connectivity index is 4.06. The van der Waals surface area contributed by atoms with Gasteiger partial charge in [-0.3, -0.25) is 0 Å². The van der Waals surface area contributed by atoms with Crippen LogP contribution in [-0.2, 0) is 0 Å². The maximum Gasteiger partial charge on any atom is 0.161 e. The standard InChI is InChI=1S/C10H19N3/c1-8(2)6-9(3)12-13-10(4,5)7-11/h8-9H,6H2,1-5H3. The third-order valence-electron chi connectivity index (χ3n) is 1.59. The van der Waals surface area contributed by atoms with Crippen molar-refractivity contribution in [3.05, 3.63) is 0 Å². The van der Waals surface area contributed by atoms with Gasteiger partial charge in [0.25, 0.3) is 0 Å². The maximum atomic E-state index is 8.69. The number of azo groups is 1. The van der Waals surface area contributed by atoms with Crippen LogP contribution in [0.4, 0.5) is 0 Å². The largest absolute Gasteiger partial charge is 0.196 e. The summed E-state index contributed by atoms with van der Waals surface area (Å²) in [6.07, 6.45) is 1.02. The normalized spacial score (nSPS) is 14.8. The molecule has 0 aliphatic carbocycles. The van der Waals surface area contributed by atoms with Gasteiger partial charge in [-0.25, -0.2) is 0 Å². The van der Waals surface area contributed by atoms with Gasteiger partial charge in [-0.2, -0.15) is 15.5 Å². The lowest BCUT2D eigenvalue weighted by Crippen LogP contribution is -2.13. The molecule has 0 amide bonds. The van der Waals surface area contributed by atoms with E-state index < -0.39 is 5.54 Å². The first-order valence-corrected chi connectivity index (χ1v) is 4.70. The van der Waals surface area contributed by atoms with E-state index in [4.69, 9.17) is 5.26 Å². The van der Waals surface area contributed by atoms with E-state index in [1.54, 1.807) is 13.8 Å². The van der Waals surface area contributed by atoms with Crippen LogP contribution >= 0.6 is 0 Å². The summed E-state index contributed by atoms with van der Waals surface area (Å²) in [5, 5.41) is 16.8. The molecule has 0 aliphatic heterocycles. The summed E-state index contributed by atoms with van der Waals surface area (Å²) < 4.78 is 0. The van der Waals surface area contributed by atoms with Crippen LogP contribution in [0, 0.1) is 17.2 Å². The Morgan fingerprint density at radius 3 is 2.23 bits per heavy atom. The van der Waals surface area contributed by atoms with E-state index in [2.05, 4.69) is 30.1 Å². The predicted octanol–water partition coefficient (Wildman–Crippen LogP) is 3.18. The van der Waals surface area contributed by atoms with Gasteiger partial charge in [-0.15, -0.1) is 0 Å². The highest BCUT2D eigenvalue weighted by Gasteiger charge is 2.14. The molecule has 3 heteroatoms. The molecule has 0 aromatic carbocycles. The fraction of sp³-hybridized carbons (Fsp3) is 0.900. The Labute approximate surface area is 80.9 Å². The van der Waals surface area contributed by atoms with Crippen LogP contribution in [0.2, 0.25) is 0 Å². The van der Waals surface area contributed by atoms with Gasteiger partial charge in [-0.05, 0) is 33.1 Å². The number of rotatable bonds is 4. The number of hydrogen-bond donors (Lipinski definition) is 0. The second-order valence-electron chi connectivity index (χ2n) is 4.36. The molecule has 0 aromatic rings. The number of nitriles is 1. The fourth-order valence-corrected chi connectivity index (χ4v) is 0.995. The van der Waals surface area contributed by atoms with E-state index >= 15 is 0 Å². The van der Waals surface area contributed by atoms with Gasteiger partial charge >= 0.3 is 0 Å². The van der Waals surface area contributed by atoms with Gasteiger partial charge < -0.3 is 0 Å². The fourth-order valence-electron chi connectivity index (χ4n) is 0.995. The van der Waals surface area contributed by atoms with Crippen LogP contribution in [0.3, 0.4) is 0 Å². The molecule has 0 aromatic heterocycles. The summed E-state index contributed by atoms with van der Waals surface area (Å²) in [7, 11) is 0. The monoisotopic (exact) mass is 181 g/mol. The zero-order valence-electron chi connectivity index (χ0n) is 9.20. The predicted molar refractivity (Wildman–Crippen MR) is 53.5 cm³/mol. The van der Waals surface area contributed by atoms with E-state index in [1.807, 2.05) is 6.92 Å². The lowest BCUT2D eigenvalue weighted by atomic mass is 10.1. The Bertz CT molecular complexity index is 211. The molecule has 3 nitrogen and oxygen atoms in total. The van der Waals surface area contributed by atoms with Crippen molar-refractivity contribution in [1.29, 1.82) is 5.26 Å². The first-order valence-electron chi connectivity index (χ1n) is 4.70. The molecule has 0 bridgehead atoms. The highest BCUT2D eigenvalue weighted by atomic mass is 15.2. The lowest BCUT2D eigenvalue weighted by molar-refractivity contribution is 0.485. The van der Waals surface area contributed by atoms with E-state index in [-0.39, 0.29) is 6.04 Å². The molecule has 0 rings (SSSR count). The van der Waals surface area contributed by atoms with Crippen LogP contribution in [0.1, 0.15) is 41.0 Å².